The number of nitriles is 1. The average Bonchev–Trinajstić information content (AvgIpc) is 2.60. The fourth-order valence-corrected chi connectivity index (χ4v) is 4.66. The molecule has 0 bridgehead atoms. The van der Waals surface area contributed by atoms with E-state index in [0.29, 0.717) is 5.92 Å². The number of nitrogens with zero attached hydrogens (tertiary/aromatic N) is 1. The van der Waals surface area contributed by atoms with Crippen LogP contribution in [0.4, 0.5) is 4.39 Å². The Balaban J connectivity index is 1.59. The molecule has 0 amide bonds. The first kappa shape index (κ1) is 18.5. The lowest BCUT2D eigenvalue weighted by Crippen LogP contribution is -2.17. The Morgan fingerprint density at radius 2 is 1.39 bits per heavy atom. The Bertz CT molecular complexity index is 393. The SMILES string of the molecule is CCCCC1CCC(CCC2CCC(C=C(F)C#N)CC2)CC1. The van der Waals surface area contributed by atoms with Crippen molar-refractivity contribution in [1.82, 2.24) is 0 Å². The van der Waals surface area contributed by atoms with Gasteiger partial charge < -0.3 is 0 Å². The Morgan fingerprint density at radius 1 is 0.913 bits per heavy atom. The number of rotatable bonds is 7. The van der Waals surface area contributed by atoms with E-state index in [-0.39, 0.29) is 0 Å². The van der Waals surface area contributed by atoms with Crippen LogP contribution in [-0.2, 0) is 0 Å². The van der Waals surface area contributed by atoms with Gasteiger partial charge in [0.25, 0.3) is 0 Å². The van der Waals surface area contributed by atoms with Gasteiger partial charge in [-0.2, -0.15) is 9.65 Å². The lowest BCUT2D eigenvalue weighted by Gasteiger charge is -2.31. The van der Waals surface area contributed by atoms with E-state index >= 15 is 0 Å². The Labute approximate surface area is 142 Å². The van der Waals surface area contributed by atoms with Crippen LogP contribution in [0.3, 0.4) is 0 Å². The highest BCUT2D eigenvalue weighted by molar-refractivity contribution is 5.13. The first-order chi connectivity index (χ1) is 11.2. The number of unbranched alkanes of at least 4 members (excludes halogenated alkanes) is 1. The molecule has 0 spiro atoms. The van der Waals surface area contributed by atoms with Crippen LogP contribution in [0.25, 0.3) is 0 Å². The second-order valence-corrected chi connectivity index (χ2v) is 8.01. The molecule has 0 atom stereocenters. The number of halogens is 1. The quantitative estimate of drug-likeness (QED) is 0.466. The van der Waals surface area contributed by atoms with Crippen LogP contribution >= 0.6 is 0 Å². The van der Waals surface area contributed by atoms with Crippen LogP contribution in [-0.4, -0.2) is 0 Å². The van der Waals surface area contributed by atoms with Crippen molar-refractivity contribution in [3.8, 4) is 6.07 Å². The van der Waals surface area contributed by atoms with Gasteiger partial charge in [-0.15, -0.1) is 0 Å². The minimum atomic E-state index is -0.590. The van der Waals surface area contributed by atoms with Gasteiger partial charge in [-0.1, -0.05) is 64.7 Å². The first-order valence-corrected chi connectivity index (χ1v) is 9.98. The molecule has 2 aliphatic carbocycles. The van der Waals surface area contributed by atoms with Crippen molar-refractivity contribution in [3.05, 3.63) is 11.9 Å². The lowest BCUT2D eigenvalue weighted by atomic mass is 9.75. The fourth-order valence-electron chi connectivity index (χ4n) is 4.66. The minimum absolute atomic E-state index is 0.305. The third kappa shape index (κ3) is 6.66. The standard InChI is InChI=1S/C21H34FN/c1-2-3-4-17-5-7-18(8-6-17)9-10-19-11-13-20(14-12-19)15-21(22)16-23/h15,17-20H,2-14H2,1H3. The zero-order valence-corrected chi connectivity index (χ0v) is 14.9. The highest BCUT2D eigenvalue weighted by atomic mass is 19.1. The number of allylic oxidation sites excluding steroid dienone is 2. The second kappa shape index (κ2) is 10.1. The topological polar surface area (TPSA) is 23.8 Å². The molecule has 2 rings (SSSR count). The maximum Gasteiger partial charge on any atom is 0.196 e. The van der Waals surface area contributed by atoms with Crippen molar-refractivity contribution in [2.45, 2.75) is 90.4 Å². The van der Waals surface area contributed by atoms with E-state index in [4.69, 9.17) is 5.26 Å². The molecule has 1 nitrogen and oxygen atoms in total. The van der Waals surface area contributed by atoms with Gasteiger partial charge in [0, 0.05) is 0 Å². The smallest absolute Gasteiger partial charge is 0.195 e. The lowest BCUT2D eigenvalue weighted by molar-refractivity contribution is 0.219. The van der Waals surface area contributed by atoms with Gasteiger partial charge in [0.2, 0.25) is 0 Å². The molecule has 0 N–H and O–H groups in total. The van der Waals surface area contributed by atoms with Crippen LogP contribution in [0.15, 0.2) is 11.9 Å². The summed E-state index contributed by atoms with van der Waals surface area (Å²) in [6.45, 7) is 2.30. The number of hydrogen-bond acceptors (Lipinski definition) is 1. The van der Waals surface area contributed by atoms with E-state index in [1.54, 1.807) is 12.1 Å². The van der Waals surface area contributed by atoms with Crippen LogP contribution in [0.1, 0.15) is 90.4 Å². The maximum absolute atomic E-state index is 13.0. The third-order valence-electron chi connectivity index (χ3n) is 6.30. The van der Waals surface area contributed by atoms with Gasteiger partial charge in [0.15, 0.2) is 5.83 Å². The summed E-state index contributed by atoms with van der Waals surface area (Å²) >= 11 is 0. The van der Waals surface area contributed by atoms with Crippen molar-refractivity contribution < 1.29 is 4.39 Å². The molecule has 0 aliphatic heterocycles. The summed E-state index contributed by atoms with van der Waals surface area (Å²) in [6, 6.07) is 1.60. The van der Waals surface area contributed by atoms with Crippen LogP contribution in [0.5, 0.6) is 0 Å². The summed E-state index contributed by atoms with van der Waals surface area (Å²) in [5, 5.41) is 8.52. The molecule has 0 aromatic carbocycles. The summed E-state index contributed by atoms with van der Waals surface area (Å²) in [4.78, 5) is 0. The number of hydrogen-bond donors (Lipinski definition) is 0. The van der Waals surface area contributed by atoms with E-state index in [1.165, 1.54) is 70.6 Å². The molecule has 0 aromatic heterocycles. The highest BCUT2D eigenvalue weighted by Gasteiger charge is 2.24. The molecule has 0 aromatic rings. The first-order valence-electron chi connectivity index (χ1n) is 9.98. The Kier molecular flexibility index (Phi) is 8.13. The second-order valence-electron chi connectivity index (χ2n) is 8.01. The van der Waals surface area contributed by atoms with Gasteiger partial charge in [-0.3, -0.25) is 0 Å². The van der Waals surface area contributed by atoms with Crippen LogP contribution in [0.2, 0.25) is 0 Å². The van der Waals surface area contributed by atoms with Gasteiger partial charge in [-0.05, 0) is 55.4 Å². The van der Waals surface area contributed by atoms with Gasteiger partial charge in [0.05, 0.1) is 0 Å². The van der Waals surface area contributed by atoms with Crippen molar-refractivity contribution in [2.24, 2.45) is 23.7 Å². The van der Waals surface area contributed by atoms with E-state index in [2.05, 4.69) is 6.92 Å². The zero-order valence-electron chi connectivity index (χ0n) is 14.9. The molecule has 0 saturated heterocycles. The summed E-state index contributed by atoms with van der Waals surface area (Å²) in [5.41, 5.74) is 0. The van der Waals surface area contributed by atoms with E-state index in [1.807, 2.05) is 0 Å². The third-order valence-corrected chi connectivity index (χ3v) is 6.30. The molecule has 0 unspecified atom stereocenters. The molecular weight excluding hydrogens is 285 g/mol. The van der Waals surface area contributed by atoms with Crippen molar-refractivity contribution in [1.29, 1.82) is 5.26 Å². The summed E-state index contributed by atoms with van der Waals surface area (Å²) in [6.07, 6.45) is 19.0. The van der Waals surface area contributed by atoms with Crippen molar-refractivity contribution >= 4 is 0 Å². The Morgan fingerprint density at radius 3 is 1.87 bits per heavy atom. The van der Waals surface area contributed by atoms with Crippen LogP contribution < -0.4 is 0 Å². The zero-order chi connectivity index (χ0) is 16.5. The van der Waals surface area contributed by atoms with Gasteiger partial charge in [-0.25, -0.2) is 0 Å². The molecule has 2 fully saturated rings. The summed E-state index contributed by atoms with van der Waals surface area (Å²) in [5.74, 6) is 2.56. The summed E-state index contributed by atoms with van der Waals surface area (Å²) in [7, 11) is 0. The molecule has 130 valence electrons. The van der Waals surface area contributed by atoms with Crippen molar-refractivity contribution in [2.75, 3.05) is 0 Å². The molecule has 0 radical (unpaired) electrons. The van der Waals surface area contributed by atoms with E-state index < -0.39 is 5.83 Å². The predicted octanol–water partition coefficient (Wildman–Crippen LogP) is 6.95. The summed E-state index contributed by atoms with van der Waals surface area (Å²) < 4.78 is 13.0. The van der Waals surface area contributed by atoms with Crippen LogP contribution in [0, 0.1) is 35.0 Å². The van der Waals surface area contributed by atoms with Gasteiger partial charge in [0.1, 0.15) is 6.07 Å². The molecule has 23 heavy (non-hydrogen) atoms. The molecular formula is C21H34FN. The van der Waals surface area contributed by atoms with Crippen molar-refractivity contribution in [3.63, 3.8) is 0 Å². The molecule has 2 saturated carbocycles. The monoisotopic (exact) mass is 319 g/mol. The van der Waals surface area contributed by atoms with E-state index in [9.17, 15) is 4.39 Å². The predicted molar refractivity (Wildman–Crippen MR) is 94.5 cm³/mol. The fraction of sp³-hybridized carbons (Fsp3) is 0.857. The molecule has 2 heteroatoms. The van der Waals surface area contributed by atoms with E-state index in [0.717, 1.165) is 30.6 Å². The molecule has 0 heterocycles. The minimum Gasteiger partial charge on any atom is -0.195 e. The Hall–Kier alpha value is -0.840. The highest BCUT2D eigenvalue weighted by Crippen LogP contribution is 2.38. The largest absolute Gasteiger partial charge is 0.196 e. The molecule has 2 aliphatic rings. The normalized spacial score (nSPS) is 32.5. The van der Waals surface area contributed by atoms with Gasteiger partial charge >= 0.3 is 0 Å². The maximum atomic E-state index is 13.0. The average molecular weight is 320 g/mol.